The second-order valence-electron chi connectivity index (χ2n) is 5.44. The van der Waals surface area contributed by atoms with Gasteiger partial charge in [0.2, 0.25) is 0 Å². The summed E-state index contributed by atoms with van der Waals surface area (Å²) < 4.78 is 11.6. The third-order valence-electron chi connectivity index (χ3n) is 4.63. The molecule has 0 radical (unpaired) electrons. The van der Waals surface area contributed by atoms with Crippen LogP contribution in [0.2, 0.25) is 0 Å². The van der Waals surface area contributed by atoms with Gasteiger partial charge in [-0.3, -0.25) is 0 Å². The predicted octanol–water partition coefficient (Wildman–Crippen LogP) is 2.47. The quantitative estimate of drug-likeness (QED) is 0.631. The number of nitriles is 1. The van der Waals surface area contributed by atoms with Crippen molar-refractivity contribution in [3.05, 3.63) is 0 Å². The van der Waals surface area contributed by atoms with Gasteiger partial charge < -0.3 is 9.47 Å². The van der Waals surface area contributed by atoms with Gasteiger partial charge in [-0.15, -0.1) is 0 Å². The van der Waals surface area contributed by atoms with Crippen LogP contribution in [-0.2, 0) is 9.47 Å². The first-order valence-corrected chi connectivity index (χ1v) is 6.50. The lowest BCUT2D eigenvalue weighted by Gasteiger charge is -2.45. The number of hydrogen-bond acceptors (Lipinski definition) is 3. The molecule has 1 aliphatic heterocycles. The van der Waals surface area contributed by atoms with E-state index in [-0.39, 0.29) is 11.7 Å². The van der Waals surface area contributed by atoms with E-state index in [9.17, 15) is 5.26 Å². The zero-order chi connectivity index (χ0) is 11.0. The fourth-order valence-corrected chi connectivity index (χ4v) is 3.81. The molecule has 2 saturated carbocycles. The van der Waals surface area contributed by atoms with Crippen molar-refractivity contribution < 1.29 is 9.47 Å². The van der Waals surface area contributed by atoms with Crippen LogP contribution in [0.3, 0.4) is 0 Å². The molecular formula is C13H19NO2. The third-order valence-corrected chi connectivity index (χ3v) is 4.63. The highest BCUT2D eigenvalue weighted by Gasteiger charge is 2.48. The molecule has 1 saturated heterocycles. The molecule has 88 valence electrons. The Kier molecular flexibility index (Phi) is 2.65. The Bertz CT molecular complexity index is 304. The number of fused-ring (bicyclic) bond motifs is 1. The Balaban J connectivity index is 1.77. The maximum atomic E-state index is 9.23. The van der Waals surface area contributed by atoms with E-state index in [1.54, 1.807) is 0 Å². The molecule has 0 bridgehead atoms. The summed E-state index contributed by atoms with van der Waals surface area (Å²) in [5.74, 6) is 1.19. The summed E-state index contributed by atoms with van der Waals surface area (Å²) in [6.45, 7) is 1.46. The van der Waals surface area contributed by atoms with Gasteiger partial charge in [-0.25, -0.2) is 0 Å². The van der Waals surface area contributed by atoms with Gasteiger partial charge in [0, 0.05) is 18.8 Å². The van der Waals surface area contributed by atoms with Crippen LogP contribution in [0.25, 0.3) is 0 Å². The normalized spacial score (nSPS) is 41.6. The topological polar surface area (TPSA) is 42.2 Å². The minimum absolute atomic E-state index is 0.240. The van der Waals surface area contributed by atoms with Crippen LogP contribution in [0, 0.1) is 29.1 Å². The van der Waals surface area contributed by atoms with Crippen molar-refractivity contribution in [2.24, 2.45) is 17.8 Å². The van der Waals surface area contributed by atoms with Crippen LogP contribution < -0.4 is 0 Å². The highest BCUT2D eigenvalue weighted by molar-refractivity contribution is 4.99. The smallest absolute Gasteiger partial charge is 0.168 e. The van der Waals surface area contributed by atoms with Gasteiger partial charge in [0.1, 0.15) is 0 Å². The summed E-state index contributed by atoms with van der Waals surface area (Å²) >= 11 is 0. The third kappa shape index (κ3) is 1.65. The molecule has 0 amide bonds. The number of hydrogen-bond donors (Lipinski definition) is 0. The summed E-state index contributed by atoms with van der Waals surface area (Å²) in [4.78, 5) is 0. The van der Waals surface area contributed by atoms with Crippen molar-refractivity contribution in [2.75, 3.05) is 13.2 Å². The Labute approximate surface area is 96.7 Å². The number of nitrogens with zero attached hydrogens (tertiary/aromatic N) is 1. The Morgan fingerprint density at radius 2 is 1.94 bits per heavy atom. The van der Waals surface area contributed by atoms with Crippen molar-refractivity contribution in [1.82, 2.24) is 0 Å². The molecule has 2 aliphatic carbocycles. The molecule has 0 N–H and O–H groups in total. The summed E-state index contributed by atoms with van der Waals surface area (Å²) in [7, 11) is 0. The van der Waals surface area contributed by atoms with Crippen LogP contribution >= 0.6 is 0 Å². The number of rotatable bonds is 0. The molecule has 3 fully saturated rings. The average Bonchev–Trinajstić information content (AvgIpc) is 2.77. The van der Waals surface area contributed by atoms with Gasteiger partial charge in [-0.05, 0) is 24.7 Å². The summed E-state index contributed by atoms with van der Waals surface area (Å²) in [5.41, 5.74) is 0. The van der Waals surface area contributed by atoms with E-state index < -0.39 is 0 Å². The van der Waals surface area contributed by atoms with Crippen LogP contribution in [-0.4, -0.2) is 19.0 Å². The molecule has 0 aromatic carbocycles. The second kappa shape index (κ2) is 4.01. The molecule has 3 rings (SSSR count). The maximum Gasteiger partial charge on any atom is 0.168 e. The van der Waals surface area contributed by atoms with Crippen LogP contribution in [0.15, 0.2) is 0 Å². The van der Waals surface area contributed by atoms with Crippen molar-refractivity contribution in [3.63, 3.8) is 0 Å². The van der Waals surface area contributed by atoms with E-state index in [0.29, 0.717) is 5.92 Å². The van der Waals surface area contributed by atoms with Crippen molar-refractivity contribution in [1.29, 1.82) is 5.26 Å². The lowest BCUT2D eigenvalue weighted by molar-refractivity contribution is -0.201. The predicted molar refractivity (Wildman–Crippen MR) is 58.4 cm³/mol. The van der Waals surface area contributed by atoms with E-state index in [1.807, 2.05) is 0 Å². The van der Waals surface area contributed by atoms with Crippen LogP contribution in [0.5, 0.6) is 0 Å². The highest BCUT2D eigenvalue weighted by Crippen LogP contribution is 2.49. The highest BCUT2D eigenvalue weighted by atomic mass is 16.7. The van der Waals surface area contributed by atoms with E-state index in [1.165, 1.54) is 19.3 Å². The van der Waals surface area contributed by atoms with Gasteiger partial charge in [-0.2, -0.15) is 5.26 Å². The van der Waals surface area contributed by atoms with Crippen molar-refractivity contribution >= 4 is 0 Å². The van der Waals surface area contributed by atoms with Gasteiger partial charge in [0.05, 0.1) is 19.3 Å². The molecule has 16 heavy (non-hydrogen) atoms. The van der Waals surface area contributed by atoms with Crippen molar-refractivity contribution in [2.45, 2.75) is 44.3 Å². The first-order chi connectivity index (χ1) is 7.83. The number of ether oxygens (including phenoxy) is 2. The minimum atomic E-state index is -0.312. The zero-order valence-electron chi connectivity index (χ0n) is 9.65. The first-order valence-electron chi connectivity index (χ1n) is 6.50. The lowest BCUT2D eigenvalue weighted by atomic mass is 9.64. The molecule has 0 aromatic heterocycles. The first kappa shape index (κ1) is 10.6. The van der Waals surface area contributed by atoms with Gasteiger partial charge in [0.15, 0.2) is 5.79 Å². The summed E-state index contributed by atoms with van der Waals surface area (Å²) in [5, 5.41) is 9.23. The van der Waals surface area contributed by atoms with E-state index in [2.05, 4.69) is 6.07 Å². The molecular weight excluding hydrogens is 202 g/mol. The zero-order valence-corrected chi connectivity index (χ0v) is 9.65. The monoisotopic (exact) mass is 221 g/mol. The SMILES string of the molecule is N#C[C@@H]1CCCC2CCC3(CC21)OCCO3. The Morgan fingerprint density at radius 1 is 1.12 bits per heavy atom. The fraction of sp³-hybridized carbons (Fsp3) is 0.923. The fourth-order valence-electron chi connectivity index (χ4n) is 3.81. The molecule has 3 atom stereocenters. The Hall–Kier alpha value is -0.590. The van der Waals surface area contributed by atoms with Crippen molar-refractivity contribution in [3.8, 4) is 6.07 Å². The van der Waals surface area contributed by atoms with Gasteiger partial charge >= 0.3 is 0 Å². The molecule has 1 heterocycles. The largest absolute Gasteiger partial charge is 0.348 e. The van der Waals surface area contributed by atoms with E-state index in [0.717, 1.165) is 38.4 Å². The molecule has 3 heteroatoms. The molecule has 3 nitrogen and oxygen atoms in total. The van der Waals surface area contributed by atoms with Crippen LogP contribution in [0.1, 0.15) is 38.5 Å². The van der Waals surface area contributed by atoms with Crippen LogP contribution in [0.4, 0.5) is 0 Å². The Morgan fingerprint density at radius 3 is 2.69 bits per heavy atom. The molecule has 1 spiro atoms. The van der Waals surface area contributed by atoms with E-state index >= 15 is 0 Å². The molecule has 0 aromatic rings. The summed E-state index contributed by atoms with van der Waals surface area (Å²) in [6.07, 6.45) is 6.78. The second-order valence-corrected chi connectivity index (χ2v) is 5.44. The van der Waals surface area contributed by atoms with Gasteiger partial charge in [-0.1, -0.05) is 12.8 Å². The average molecular weight is 221 g/mol. The van der Waals surface area contributed by atoms with E-state index in [4.69, 9.17) is 9.47 Å². The summed E-state index contributed by atoms with van der Waals surface area (Å²) in [6, 6.07) is 2.50. The molecule has 3 aliphatic rings. The molecule has 2 unspecified atom stereocenters. The maximum absolute atomic E-state index is 9.23. The lowest BCUT2D eigenvalue weighted by Crippen LogP contribution is -2.44. The van der Waals surface area contributed by atoms with Gasteiger partial charge in [0.25, 0.3) is 0 Å². The standard InChI is InChI=1S/C13H19NO2/c14-9-11-3-1-2-10-4-5-13(8-12(10)11)15-6-7-16-13/h10-12H,1-8H2/t10?,11-,12?/m0/s1. The minimum Gasteiger partial charge on any atom is -0.348 e.